The number of benzene rings is 1. The summed E-state index contributed by atoms with van der Waals surface area (Å²) >= 11 is 0. The maximum Gasteiger partial charge on any atom is 0.330 e. The van der Waals surface area contributed by atoms with Gasteiger partial charge in [-0.3, -0.25) is 4.79 Å². The van der Waals surface area contributed by atoms with Crippen LogP contribution in [0.2, 0.25) is 0 Å². The van der Waals surface area contributed by atoms with E-state index in [9.17, 15) is 9.59 Å². The second-order valence-corrected chi connectivity index (χ2v) is 6.21. The van der Waals surface area contributed by atoms with Gasteiger partial charge in [0.15, 0.2) is 0 Å². The Hall–Kier alpha value is -2.66. The van der Waals surface area contributed by atoms with Crippen molar-refractivity contribution in [3.63, 3.8) is 0 Å². The molecule has 1 aromatic rings. The summed E-state index contributed by atoms with van der Waals surface area (Å²) in [6.07, 6.45) is 1.87. The number of aliphatic hydroxyl groups is 2. The van der Waals surface area contributed by atoms with Crippen LogP contribution in [0, 0.1) is 11.8 Å². The van der Waals surface area contributed by atoms with E-state index in [0.29, 0.717) is 11.1 Å². The van der Waals surface area contributed by atoms with E-state index in [4.69, 9.17) is 15.9 Å². The Balaban J connectivity index is 2.82. The average Bonchev–Trinajstić information content (AvgIpc) is 2.61. The van der Waals surface area contributed by atoms with Crippen molar-refractivity contribution in [1.29, 1.82) is 0 Å². The van der Waals surface area contributed by atoms with Crippen LogP contribution in [-0.2, 0) is 9.53 Å². The zero-order valence-corrected chi connectivity index (χ0v) is 15.0. The molecule has 0 aliphatic rings. The van der Waals surface area contributed by atoms with Gasteiger partial charge in [0.05, 0.1) is 19.8 Å². The molecule has 2 atom stereocenters. The van der Waals surface area contributed by atoms with E-state index in [2.05, 4.69) is 21.9 Å². The van der Waals surface area contributed by atoms with Crippen molar-refractivity contribution in [2.24, 2.45) is 5.73 Å². The van der Waals surface area contributed by atoms with Crippen molar-refractivity contribution in [2.75, 3.05) is 13.7 Å². The molecule has 0 radical (unpaired) electrons. The fraction of sp³-hybridized carbons (Fsp3) is 0.368. The second kappa shape index (κ2) is 9.73. The molecule has 0 aromatic heterocycles. The molecule has 5 N–H and O–H groups in total. The number of carbonyl (C=O) groups excluding carboxylic acids is 2. The third-order valence-corrected chi connectivity index (χ3v) is 3.41. The number of carbonyl (C=O) groups is 2. The van der Waals surface area contributed by atoms with Gasteiger partial charge < -0.3 is 26.0 Å². The van der Waals surface area contributed by atoms with Crippen LogP contribution >= 0.6 is 0 Å². The van der Waals surface area contributed by atoms with E-state index in [-0.39, 0.29) is 6.61 Å². The van der Waals surface area contributed by atoms with Gasteiger partial charge >= 0.3 is 5.97 Å². The van der Waals surface area contributed by atoms with Crippen molar-refractivity contribution in [3.8, 4) is 11.8 Å². The monoisotopic (exact) mass is 360 g/mol. The normalized spacial score (nSPS) is 13.5. The lowest BCUT2D eigenvalue weighted by atomic mass is 9.95. The van der Waals surface area contributed by atoms with Crippen molar-refractivity contribution < 1.29 is 24.5 Å². The number of rotatable bonds is 6. The van der Waals surface area contributed by atoms with Crippen LogP contribution in [-0.4, -0.2) is 53.5 Å². The highest BCUT2D eigenvalue weighted by Crippen LogP contribution is 2.10. The average molecular weight is 360 g/mol. The first-order valence-electron chi connectivity index (χ1n) is 7.93. The number of aliphatic hydroxyl groups excluding tert-OH is 2. The number of hydrogen-bond acceptors (Lipinski definition) is 6. The van der Waals surface area contributed by atoms with Crippen molar-refractivity contribution >= 4 is 11.9 Å². The molecule has 1 aromatic carbocycles. The number of esters is 1. The standard InChI is InChI=1S/C19H24N2O5/c1-19(2,20)16(18(25)26-3)21-17(24)14-10-8-13(9-11-14)6-4-5-7-15(23)12-22/h5,7-11,15-16,22-23H,12,20H2,1-3H3,(H,21,24). The SMILES string of the molecule is COC(=O)C(NC(=O)c1ccc(C#CC=CC(O)CO)cc1)C(C)(C)N. The third-order valence-electron chi connectivity index (χ3n) is 3.41. The molecular weight excluding hydrogens is 336 g/mol. The first kappa shape index (κ1) is 21.4. The molecular formula is C19H24N2O5. The van der Waals surface area contributed by atoms with Crippen LogP contribution in [0.3, 0.4) is 0 Å². The van der Waals surface area contributed by atoms with Gasteiger partial charge in [0.2, 0.25) is 0 Å². The highest BCUT2D eigenvalue weighted by atomic mass is 16.5. The second-order valence-electron chi connectivity index (χ2n) is 6.21. The van der Waals surface area contributed by atoms with E-state index in [1.807, 2.05) is 0 Å². The molecule has 0 spiro atoms. The molecule has 0 heterocycles. The quantitative estimate of drug-likeness (QED) is 0.417. The lowest BCUT2D eigenvalue weighted by Crippen LogP contribution is -2.59. The minimum atomic E-state index is -0.986. The molecule has 7 heteroatoms. The lowest BCUT2D eigenvalue weighted by molar-refractivity contribution is -0.144. The van der Waals surface area contributed by atoms with E-state index in [1.165, 1.54) is 19.3 Å². The first-order valence-corrected chi connectivity index (χ1v) is 7.93. The van der Waals surface area contributed by atoms with Gasteiger partial charge in [-0.1, -0.05) is 11.8 Å². The third kappa shape index (κ3) is 6.69. The van der Waals surface area contributed by atoms with Crippen LogP contribution in [0.1, 0.15) is 29.8 Å². The number of allylic oxidation sites excluding steroid dienone is 1. The van der Waals surface area contributed by atoms with Gasteiger partial charge in [0.1, 0.15) is 6.04 Å². The summed E-state index contributed by atoms with van der Waals surface area (Å²) in [7, 11) is 1.23. The topological polar surface area (TPSA) is 122 Å². The maximum absolute atomic E-state index is 12.3. The summed E-state index contributed by atoms with van der Waals surface area (Å²) in [4.78, 5) is 24.1. The summed E-state index contributed by atoms with van der Waals surface area (Å²) in [6.45, 7) is 2.87. The van der Waals surface area contributed by atoms with Gasteiger partial charge in [-0.05, 0) is 50.3 Å². The van der Waals surface area contributed by atoms with Crippen molar-refractivity contribution in [2.45, 2.75) is 31.5 Å². The summed E-state index contributed by atoms with van der Waals surface area (Å²) in [5.74, 6) is 4.46. The van der Waals surface area contributed by atoms with Crippen LogP contribution in [0.25, 0.3) is 0 Å². The highest BCUT2D eigenvalue weighted by molar-refractivity contribution is 5.97. The Bertz CT molecular complexity index is 708. The smallest absolute Gasteiger partial charge is 0.330 e. The fourth-order valence-electron chi connectivity index (χ4n) is 1.93. The lowest BCUT2D eigenvalue weighted by Gasteiger charge is -2.28. The zero-order chi connectivity index (χ0) is 19.7. The van der Waals surface area contributed by atoms with E-state index < -0.39 is 29.6 Å². The van der Waals surface area contributed by atoms with Crippen LogP contribution in [0.5, 0.6) is 0 Å². The summed E-state index contributed by atoms with van der Waals surface area (Å²) in [6, 6.07) is 5.47. The number of ether oxygens (including phenoxy) is 1. The minimum Gasteiger partial charge on any atom is -0.467 e. The van der Waals surface area contributed by atoms with Crippen LogP contribution in [0.15, 0.2) is 36.4 Å². The number of nitrogens with two attached hydrogens (primary N) is 1. The van der Waals surface area contributed by atoms with Gasteiger partial charge in [-0.15, -0.1) is 0 Å². The molecule has 140 valence electrons. The zero-order valence-electron chi connectivity index (χ0n) is 15.0. The van der Waals surface area contributed by atoms with Gasteiger partial charge in [0, 0.05) is 16.7 Å². The van der Waals surface area contributed by atoms with Crippen molar-refractivity contribution in [1.82, 2.24) is 5.32 Å². The largest absolute Gasteiger partial charge is 0.467 e. The number of hydrogen-bond donors (Lipinski definition) is 4. The Morgan fingerprint density at radius 3 is 2.46 bits per heavy atom. The van der Waals surface area contributed by atoms with Gasteiger partial charge in [0.25, 0.3) is 5.91 Å². The summed E-state index contributed by atoms with van der Waals surface area (Å²) in [5, 5.41) is 20.4. The predicted octanol–water partition coefficient (Wildman–Crippen LogP) is -0.0438. The van der Waals surface area contributed by atoms with E-state index in [1.54, 1.807) is 38.1 Å². The summed E-state index contributed by atoms with van der Waals surface area (Å²) in [5.41, 5.74) is 5.95. The number of amides is 1. The molecule has 26 heavy (non-hydrogen) atoms. The molecule has 0 fully saturated rings. The molecule has 2 unspecified atom stereocenters. The van der Waals surface area contributed by atoms with Gasteiger partial charge in [-0.25, -0.2) is 4.79 Å². The molecule has 7 nitrogen and oxygen atoms in total. The highest BCUT2D eigenvalue weighted by Gasteiger charge is 2.34. The van der Waals surface area contributed by atoms with E-state index in [0.717, 1.165) is 0 Å². The number of nitrogens with one attached hydrogen (secondary N) is 1. The summed E-state index contributed by atoms with van der Waals surface area (Å²) < 4.78 is 4.68. The molecule has 0 aliphatic carbocycles. The van der Waals surface area contributed by atoms with Gasteiger partial charge in [-0.2, -0.15) is 0 Å². The fourth-order valence-corrected chi connectivity index (χ4v) is 1.93. The molecule has 0 saturated carbocycles. The molecule has 0 saturated heterocycles. The maximum atomic E-state index is 12.3. The first-order chi connectivity index (χ1) is 12.2. The Kier molecular flexibility index (Phi) is 8.00. The molecule has 1 rings (SSSR count). The molecule has 0 aliphatic heterocycles. The minimum absolute atomic E-state index is 0.347. The molecule has 1 amide bonds. The van der Waals surface area contributed by atoms with E-state index >= 15 is 0 Å². The Morgan fingerprint density at radius 1 is 1.35 bits per heavy atom. The van der Waals surface area contributed by atoms with Crippen molar-refractivity contribution in [3.05, 3.63) is 47.5 Å². The predicted molar refractivity (Wildman–Crippen MR) is 97.1 cm³/mol. The Morgan fingerprint density at radius 2 is 1.96 bits per heavy atom. The number of methoxy groups -OCH3 is 1. The molecule has 0 bridgehead atoms. The Labute approximate surface area is 152 Å². The van der Waals surface area contributed by atoms with Crippen LogP contribution in [0.4, 0.5) is 0 Å². The van der Waals surface area contributed by atoms with Crippen LogP contribution < -0.4 is 11.1 Å².